The zero-order valence-corrected chi connectivity index (χ0v) is 42.0. The smallest absolute Gasteiger partial charge is 0.281 e. The summed E-state index contributed by atoms with van der Waals surface area (Å²) < 4.78 is 194. The second kappa shape index (κ2) is 18.3. The van der Waals surface area contributed by atoms with E-state index in [1.807, 2.05) is 0 Å². The van der Waals surface area contributed by atoms with E-state index in [2.05, 4.69) is 0 Å². The normalized spacial score (nSPS) is 19.8. The first-order valence-electron chi connectivity index (χ1n) is 19.2. The largest absolute Gasteiger partial charge is 0.382 e. The zero-order chi connectivity index (χ0) is 51.5. The van der Waals surface area contributed by atoms with Crippen LogP contribution in [0.5, 0.6) is 0 Å². The highest BCUT2D eigenvalue weighted by Gasteiger charge is 2.54. The summed E-state index contributed by atoms with van der Waals surface area (Å²) in [6.07, 6.45) is -6.37. The summed E-state index contributed by atoms with van der Waals surface area (Å²) in [5.41, 5.74) is -0.199. The van der Waals surface area contributed by atoms with Crippen LogP contribution in [0.4, 0.5) is 39.5 Å². The number of fused-ring (bicyclic) bond motifs is 3. The molecule has 27 heteroatoms. The Labute approximate surface area is 414 Å². The molecule has 9 rings (SSSR count). The summed E-state index contributed by atoms with van der Waals surface area (Å²) >= 11 is 19.6. The van der Waals surface area contributed by atoms with Crippen molar-refractivity contribution in [2.75, 3.05) is 18.8 Å². The zero-order valence-electron chi connectivity index (χ0n) is 34.8. The minimum atomic E-state index is -3.82. The van der Waals surface area contributed by atoms with E-state index in [1.165, 1.54) is 18.2 Å². The third-order valence-electron chi connectivity index (χ3n) is 10.7. The molecular weight excluding hydrogens is 1120 g/mol. The van der Waals surface area contributed by atoms with Gasteiger partial charge in [-0.15, -0.1) is 34.0 Å². The van der Waals surface area contributed by atoms with Crippen LogP contribution in [0.1, 0.15) is 51.7 Å². The molecule has 0 saturated carbocycles. The number of aliphatic hydroxyl groups is 3. The number of halogens is 12. The highest BCUT2D eigenvalue weighted by Crippen LogP contribution is 2.56. The van der Waals surface area contributed by atoms with Crippen LogP contribution in [-0.2, 0) is 48.8 Å². The molecule has 0 fully saturated rings. The van der Waals surface area contributed by atoms with Crippen molar-refractivity contribution in [3.05, 3.63) is 120 Å². The molecule has 0 aliphatic heterocycles. The number of thiophene rings is 3. The molecule has 0 radical (unpaired) electrons. The molecule has 3 aliphatic carbocycles. The van der Waals surface area contributed by atoms with Gasteiger partial charge in [0.05, 0.1) is 0 Å². The Morgan fingerprint density at radius 1 is 0.449 bits per heavy atom. The minimum Gasteiger partial charge on any atom is -0.382 e. The summed E-state index contributed by atoms with van der Waals surface area (Å²) in [6.45, 7) is 0. The van der Waals surface area contributed by atoms with Crippen molar-refractivity contribution in [2.45, 2.75) is 68.0 Å². The summed E-state index contributed by atoms with van der Waals surface area (Å²) in [5, 5.41) is 29.6. The maximum Gasteiger partial charge on any atom is 0.281 e. The lowest BCUT2D eigenvalue weighted by molar-refractivity contribution is -0.0976. The van der Waals surface area contributed by atoms with Crippen molar-refractivity contribution in [3.63, 3.8) is 0 Å². The van der Waals surface area contributed by atoms with Gasteiger partial charge in [0.25, 0.3) is 17.8 Å². The fourth-order valence-electron chi connectivity index (χ4n) is 7.93. The lowest BCUT2D eigenvalue weighted by Gasteiger charge is -2.14. The Bertz CT molecular complexity index is 3010. The van der Waals surface area contributed by atoms with E-state index in [1.54, 1.807) is 0 Å². The van der Waals surface area contributed by atoms with Crippen LogP contribution < -0.4 is 0 Å². The first-order chi connectivity index (χ1) is 31.5. The van der Waals surface area contributed by atoms with E-state index < -0.39 is 102 Å². The van der Waals surface area contributed by atoms with Gasteiger partial charge in [-0.1, -0.05) is 34.8 Å². The monoisotopic (exact) mass is 1150 g/mol. The Balaban J connectivity index is 0.000000153. The van der Waals surface area contributed by atoms with Gasteiger partial charge in [-0.25, -0.2) is 64.8 Å². The maximum absolute atomic E-state index is 13.8. The van der Waals surface area contributed by atoms with Crippen LogP contribution >= 0.6 is 68.8 Å². The van der Waals surface area contributed by atoms with Crippen molar-refractivity contribution < 1.29 is 80.1 Å². The van der Waals surface area contributed by atoms with E-state index in [9.17, 15) is 80.1 Å². The van der Waals surface area contributed by atoms with Crippen LogP contribution in [0.25, 0.3) is 31.3 Å². The van der Waals surface area contributed by atoms with Gasteiger partial charge in [-0.2, -0.15) is 0 Å². The molecule has 3 aliphatic rings. The summed E-state index contributed by atoms with van der Waals surface area (Å²) in [5.74, 6) is -12.4. The quantitative estimate of drug-likeness (QED) is 0.138. The molecule has 3 aromatic carbocycles. The van der Waals surface area contributed by atoms with Crippen molar-refractivity contribution in [2.24, 2.45) is 0 Å². The fraction of sp³-hybridized carbons (Fsp3) is 0.286. The molecule has 3 atom stereocenters. The van der Waals surface area contributed by atoms with Gasteiger partial charge in [-0.05, 0) is 88.0 Å². The predicted molar refractivity (Wildman–Crippen MR) is 244 cm³/mol. The topological polar surface area (TPSA) is 163 Å². The second-order valence-electron chi connectivity index (χ2n) is 16.1. The molecule has 3 N–H and O–H groups in total. The van der Waals surface area contributed by atoms with Crippen LogP contribution in [-0.4, -0.2) is 77.1 Å². The van der Waals surface area contributed by atoms with Gasteiger partial charge in [0.1, 0.15) is 48.4 Å². The van der Waals surface area contributed by atoms with E-state index in [4.69, 9.17) is 34.8 Å². The van der Waals surface area contributed by atoms with E-state index in [-0.39, 0.29) is 92.4 Å². The van der Waals surface area contributed by atoms with E-state index in [0.29, 0.717) is 0 Å². The average molecular weight is 1150 g/mol. The highest BCUT2D eigenvalue weighted by atomic mass is 35.5. The number of hydrogen-bond donors (Lipinski definition) is 3. The van der Waals surface area contributed by atoms with Crippen molar-refractivity contribution in [1.82, 2.24) is 0 Å². The molecule has 0 bridgehead atoms. The summed E-state index contributed by atoms with van der Waals surface area (Å²) in [6, 6.07) is 10.5. The molecule has 9 nitrogen and oxygen atoms in total. The lowest BCUT2D eigenvalue weighted by atomic mass is 10.1. The number of sulfone groups is 3. The van der Waals surface area contributed by atoms with E-state index in [0.717, 1.165) is 89.2 Å². The first kappa shape index (κ1) is 53.5. The SMILES string of the molecule is CS(=O)(=O)c1sc(-c2cc(F)cc(Cl)c2)c2c1C(O)C(F)(F)C2.CS(=O)(=O)c1sc(-c2cc(F)cc(Cl)c2)c2c1[C@@H](O)C(F)(F)C2.CS(=O)(=O)c1sc(-c2cc(F)cc(Cl)c2)c2c1[C@H](O)C(F)(F)C2. The Kier molecular flexibility index (Phi) is 14.2. The van der Waals surface area contributed by atoms with Gasteiger partial charge in [-0.3, -0.25) is 0 Å². The van der Waals surface area contributed by atoms with Crippen LogP contribution in [0, 0.1) is 17.5 Å². The van der Waals surface area contributed by atoms with Crippen molar-refractivity contribution in [3.8, 4) is 31.3 Å². The number of rotatable bonds is 6. The summed E-state index contributed by atoms with van der Waals surface area (Å²) in [4.78, 5) is 0.536. The molecule has 3 aromatic heterocycles. The molecule has 3 heterocycles. The van der Waals surface area contributed by atoms with Crippen molar-refractivity contribution in [1.29, 1.82) is 0 Å². The third kappa shape index (κ3) is 10.5. The van der Waals surface area contributed by atoms with Gasteiger partial charge >= 0.3 is 0 Å². The van der Waals surface area contributed by atoms with Crippen LogP contribution in [0.2, 0.25) is 15.1 Å². The van der Waals surface area contributed by atoms with Gasteiger partial charge < -0.3 is 15.3 Å². The van der Waals surface area contributed by atoms with E-state index >= 15 is 0 Å². The summed E-state index contributed by atoms with van der Waals surface area (Å²) in [7, 11) is -11.5. The third-order valence-corrected chi connectivity index (χ3v) is 20.8. The van der Waals surface area contributed by atoms with Crippen LogP contribution in [0.3, 0.4) is 0 Å². The number of alkyl halides is 6. The Hall–Kier alpha value is -3.27. The Morgan fingerprint density at radius 2 is 0.667 bits per heavy atom. The second-order valence-corrected chi connectivity index (χ2v) is 27.1. The number of benzene rings is 3. The maximum atomic E-state index is 13.8. The highest BCUT2D eigenvalue weighted by molar-refractivity contribution is 7.93. The molecule has 1 unspecified atom stereocenters. The fourth-order valence-corrected chi connectivity index (χ4v) is 16.3. The van der Waals surface area contributed by atoms with Gasteiger partial charge in [0.15, 0.2) is 29.5 Å². The number of hydrogen-bond acceptors (Lipinski definition) is 12. The minimum absolute atomic E-state index is 0.0228. The Morgan fingerprint density at radius 3 is 0.855 bits per heavy atom. The van der Waals surface area contributed by atoms with Gasteiger partial charge in [0.2, 0.25) is 0 Å². The van der Waals surface area contributed by atoms with Crippen molar-refractivity contribution >= 4 is 98.3 Å². The standard InChI is InChI=1S/3C14H10ClF3O3S2/c3*1-23(20,21)13-10-9(5-14(17,18)12(10)19)11(22-13)6-2-7(15)4-8(16)3-6/h3*2-4,12,19H,5H2,1H3/t2*12-;/m10./s1. The molecule has 372 valence electrons. The molecule has 6 aromatic rings. The van der Waals surface area contributed by atoms with Gasteiger partial charge in [0, 0.05) is 84.4 Å². The first-order valence-corrected chi connectivity index (χ1v) is 28.4. The molecule has 0 amide bonds. The predicted octanol–water partition coefficient (Wildman–Crippen LogP) is 11.5. The average Bonchev–Trinajstić information content (AvgIpc) is 3.98. The molecular formula is C42H30Cl3F9O9S6. The lowest BCUT2D eigenvalue weighted by Crippen LogP contribution is -2.22. The molecule has 69 heavy (non-hydrogen) atoms. The number of aliphatic hydroxyl groups excluding tert-OH is 3. The molecule has 0 saturated heterocycles. The van der Waals surface area contributed by atoms with Crippen LogP contribution in [0.15, 0.2) is 67.2 Å². The molecule has 0 spiro atoms.